The van der Waals surface area contributed by atoms with Gasteiger partial charge in [0.25, 0.3) is 0 Å². The Balaban J connectivity index is 2.08. The summed E-state index contributed by atoms with van der Waals surface area (Å²) >= 11 is 3.14. The van der Waals surface area contributed by atoms with E-state index in [1.54, 1.807) is 23.1 Å². The number of carbonyl (C=O) groups is 1. The molecule has 1 aromatic carbocycles. The lowest BCUT2D eigenvalue weighted by atomic mass is 10.2. The number of rotatable bonds is 4. The van der Waals surface area contributed by atoms with Crippen molar-refractivity contribution in [2.45, 2.75) is 29.7 Å². The van der Waals surface area contributed by atoms with E-state index >= 15 is 0 Å². The van der Waals surface area contributed by atoms with Crippen LogP contribution in [0.1, 0.15) is 18.2 Å². The fourth-order valence-electron chi connectivity index (χ4n) is 1.44. The molecule has 0 bridgehead atoms. The van der Waals surface area contributed by atoms with Crippen LogP contribution in [-0.4, -0.2) is 11.0 Å². The summed E-state index contributed by atoms with van der Waals surface area (Å²) in [5.41, 5.74) is 8.56. The van der Waals surface area contributed by atoms with Crippen LogP contribution < -0.4 is 5.73 Å². The number of ether oxygens (including phenoxy) is 1. The molecule has 6 heteroatoms. The summed E-state index contributed by atoms with van der Waals surface area (Å²) in [7, 11) is 0. The second-order valence-corrected chi connectivity index (χ2v) is 6.16. The normalized spacial score (nSPS) is 10.4. The number of esters is 1. The van der Waals surface area contributed by atoms with Crippen molar-refractivity contribution in [3.8, 4) is 0 Å². The first-order valence-electron chi connectivity index (χ1n) is 5.66. The highest BCUT2D eigenvalue weighted by atomic mass is 32.2. The highest BCUT2D eigenvalue weighted by Gasteiger charge is 2.07. The monoisotopic (exact) mass is 294 g/mol. The van der Waals surface area contributed by atoms with Crippen molar-refractivity contribution in [3.05, 3.63) is 34.8 Å². The predicted octanol–water partition coefficient (Wildman–Crippen LogP) is 3.25. The third-order valence-electron chi connectivity index (χ3n) is 2.31. The zero-order valence-corrected chi connectivity index (χ0v) is 12.3. The molecule has 4 nitrogen and oxygen atoms in total. The lowest BCUT2D eigenvalue weighted by Gasteiger charge is -2.07. The molecule has 1 heterocycles. The molecule has 0 atom stereocenters. The van der Waals surface area contributed by atoms with E-state index in [4.69, 9.17) is 10.5 Å². The van der Waals surface area contributed by atoms with E-state index in [1.807, 2.05) is 30.5 Å². The molecule has 0 unspecified atom stereocenters. The van der Waals surface area contributed by atoms with Crippen LogP contribution in [0.4, 0.5) is 5.69 Å². The van der Waals surface area contributed by atoms with E-state index in [0.29, 0.717) is 5.69 Å². The van der Waals surface area contributed by atoms with Crippen molar-refractivity contribution in [1.82, 2.24) is 4.98 Å². The van der Waals surface area contributed by atoms with Crippen LogP contribution in [0, 0.1) is 6.92 Å². The number of carbonyl (C=O) groups excluding carboxylic acids is 1. The summed E-state index contributed by atoms with van der Waals surface area (Å²) in [5.74, 6) is -0.296. The molecule has 0 aliphatic rings. The Morgan fingerprint density at radius 2 is 2.32 bits per heavy atom. The van der Waals surface area contributed by atoms with E-state index in [2.05, 4.69) is 4.98 Å². The summed E-state index contributed by atoms with van der Waals surface area (Å²) in [6, 6.07) is 5.66. The van der Waals surface area contributed by atoms with Gasteiger partial charge in [0, 0.05) is 28.6 Å². The van der Waals surface area contributed by atoms with Gasteiger partial charge in [0.1, 0.15) is 6.61 Å². The summed E-state index contributed by atoms with van der Waals surface area (Å²) in [4.78, 5) is 16.1. The quantitative estimate of drug-likeness (QED) is 0.692. The lowest BCUT2D eigenvalue weighted by molar-refractivity contribution is -0.142. The first-order chi connectivity index (χ1) is 9.04. The number of nitrogens with zero attached hydrogens (tertiary/aromatic N) is 1. The average molecular weight is 294 g/mol. The van der Waals surface area contributed by atoms with Crippen molar-refractivity contribution in [3.63, 3.8) is 0 Å². The third-order valence-corrected chi connectivity index (χ3v) is 4.46. The highest BCUT2D eigenvalue weighted by molar-refractivity contribution is 8.01. The Kier molecular flexibility index (Phi) is 4.44. The molecule has 0 spiro atoms. The van der Waals surface area contributed by atoms with Crippen LogP contribution in [0.5, 0.6) is 0 Å². The van der Waals surface area contributed by atoms with E-state index in [1.165, 1.54) is 6.92 Å². The van der Waals surface area contributed by atoms with Crippen molar-refractivity contribution in [2.75, 3.05) is 5.73 Å². The number of hydrogen-bond acceptors (Lipinski definition) is 6. The van der Waals surface area contributed by atoms with Crippen molar-refractivity contribution in [1.29, 1.82) is 0 Å². The third kappa shape index (κ3) is 3.97. The molecule has 1 aromatic heterocycles. The van der Waals surface area contributed by atoms with Crippen molar-refractivity contribution >= 4 is 34.8 Å². The minimum absolute atomic E-state index is 0.251. The Labute approximate surface area is 120 Å². The molecule has 19 heavy (non-hydrogen) atoms. The van der Waals surface area contributed by atoms with Crippen molar-refractivity contribution < 1.29 is 9.53 Å². The number of hydrogen-bond donors (Lipinski definition) is 1. The molecular formula is C13H14N2O2S2. The first-order valence-corrected chi connectivity index (χ1v) is 7.36. The Morgan fingerprint density at radius 1 is 1.53 bits per heavy atom. The Morgan fingerprint density at radius 3 is 2.89 bits per heavy atom. The fourth-order valence-corrected chi connectivity index (χ4v) is 3.26. The Bertz CT molecular complexity index is 596. The van der Waals surface area contributed by atoms with Gasteiger partial charge in [-0.1, -0.05) is 17.8 Å². The summed E-state index contributed by atoms with van der Waals surface area (Å²) in [6.45, 7) is 3.60. The smallest absolute Gasteiger partial charge is 0.302 e. The van der Waals surface area contributed by atoms with Gasteiger partial charge in [-0.2, -0.15) is 0 Å². The van der Waals surface area contributed by atoms with Crippen molar-refractivity contribution in [2.24, 2.45) is 0 Å². The van der Waals surface area contributed by atoms with E-state index in [9.17, 15) is 4.79 Å². The largest absolute Gasteiger partial charge is 0.461 e. The second kappa shape index (κ2) is 6.08. The SMILES string of the molecule is CC(=O)OCc1ccc(Sc2nc(C)cs2)c(N)c1. The lowest BCUT2D eigenvalue weighted by Crippen LogP contribution is -1.99. The minimum atomic E-state index is -0.296. The topological polar surface area (TPSA) is 65.2 Å². The van der Waals surface area contributed by atoms with Crippen LogP contribution >= 0.6 is 23.1 Å². The number of thiazole rings is 1. The van der Waals surface area contributed by atoms with E-state index < -0.39 is 0 Å². The molecule has 0 fully saturated rings. The standard InChI is InChI=1S/C13H14N2O2S2/c1-8-7-18-13(15-8)19-12-4-3-10(5-11(12)14)6-17-9(2)16/h3-5,7H,6,14H2,1-2H3. The second-order valence-electron chi connectivity index (χ2n) is 4.01. The minimum Gasteiger partial charge on any atom is -0.461 e. The van der Waals surface area contributed by atoms with Gasteiger partial charge in [-0.25, -0.2) is 4.98 Å². The number of aryl methyl sites for hydroxylation is 1. The molecule has 2 N–H and O–H groups in total. The molecule has 0 radical (unpaired) electrons. The number of nitrogen functional groups attached to an aromatic ring is 1. The number of benzene rings is 1. The Hall–Kier alpha value is -1.53. The molecule has 0 saturated heterocycles. The van der Waals surface area contributed by atoms with Crippen LogP contribution in [0.15, 0.2) is 32.8 Å². The number of nitrogens with two attached hydrogens (primary N) is 1. The zero-order chi connectivity index (χ0) is 13.8. The molecule has 0 amide bonds. The van der Waals surface area contributed by atoms with Gasteiger partial charge in [-0.15, -0.1) is 11.3 Å². The molecular weight excluding hydrogens is 280 g/mol. The zero-order valence-electron chi connectivity index (χ0n) is 10.7. The molecule has 2 aromatic rings. The van der Waals surface area contributed by atoms with Crippen LogP contribution in [0.2, 0.25) is 0 Å². The maximum Gasteiger partial charge on any atom is 0.302 e. The molecule has 100 valence electrons. The van der Waals surface area contributed by atoms with Crippen LogP contribution in [-0.2, 0) is 16.1 Å². The number of anilines is 1. The van der Waals surface area contributed by atoms with Gasteiger partial charge in [0.05, 0.1) is 0 Å². The average Bonchev–Trinajstić information content (AvgIpc) is 2.75. The highest BCUT2D eigenvalue weighted by Crippen LogP contribution is 2.34. The maximum atomic E-state index is 10.7. The molecule has 0 aliphatic heterocycles. The summed E-state index contributed by atoms with van der Waals surface area (Å²) < 4.78 is 5.90. The maximum absolute atomic E-state index is 10.7. The van der Waals surface area contributed by atoms with Gasteiger partial charge in [0.15, 0.2) is 4.34 Å². The van der Waals surface area contributed by atoms with Gasteiger partial charge in [0.2, 0.25) is 0 Å². The van der Waals surface area contributed by atoms with Gasteiger partial charge >= 0.3 is 5.97 Å². The summed E-state index contributed by atoms with van der Waals surface area (Å²) in [6.07, 6.45) is 0. The van der Waals surface area contributed by atoms with E-state index in [-0.39, 0.29) is 12.6 Å². The van der Waals surface area contributed by atoms with E-state index in [0.717, 1.165) is 20.5 Å². The molecule has 2 rings (SSSR count). The van der Waals surface area contributed by atoms with Gasteiger partial charge in [-0.3, -0.25) is 4.79 Å². The number of aromatic nitrogens is 1. The van der Waals surface area contributed by atoms with Gasteiger partial charge in [-0.05, 0) is 24.6 Å². The predicted molar refractivity (Wildman–Crippen MR) is 77.3 cm³/mol. The molecule has 0 saturated carbocycles. The van der Waals surface area contributed by atoms with Crippen LogP contribution in [0.3, 0.4) is 0 Å². The first kappa shape index (κ1) is 13.9. The summed E-state index contributed by atoms with van der Waals surface area (Å²) in [5, 5.41) is 2.01. The van der Waals surface area contributed by atoms with Crippen LogP contribution in [0.25, 0.3) is 0 Å². The molecule has 0 aliphatic carbocycles. The fraction of sp³-hybridized carbons (Fsp3) is 0.231. The van der Waals surface area contributed by atoms with Gasteiger partial charge < -0.3 is 10.5 Å².